The van der Waals surface area contributed by atoms with Crippen LogP contribution in [0.15, 0.2) is 59.9 Å². The van der Waals surface area contributed by atoms with Gasteiger partial charge in [0.15, 0.2) is 0 Å². The zero-order chi connectivity index (χ0) is 17.0. The molecule has 0 bridgehead atoms. The molecule has 1 N–H and O–H groups in total. The first kappa shape index (κ1) is 15.2. The van der Waals surface area contributed by atoms with E-state index in [9.17, 15) is 5.11 Å². The van der Waals surface area contributed by atoms with E-state index in [0.29, 0.717) is 0 Å². The average Bonchev–Trinajstić information content (AvgIpc) is 3.23. The van der Waals surface area contributed by atoms with Crippen LogP contribution in [0.5, 0.6) is 0 Å². The van der Waals surface area contributed by atoms with Gasteiger partial charge in [-0.15, -0.1) is 11.8 Å². The summed E-state index contributed by atoms with van der Waals surface area (Å²) in [6.07, 6.45) is 7.51. The molecule has 0 saturated carbocycles. The molecule has 0 spiro atoms. The zero-order valence-electron chi connectivity index (χ0n) is 14.1. The zero-order valence-corrected chi connectivity index (χ0v) is 14.9. The third-order valence-electron chi connectivity index (χ3n) is 5.75. The molecular formula is C21H20N2OS. The molecule has 126 valence electrons. The van der Waals surface area contributed by atoms with Crippen molar-refractivity contribution in [1.82, 2.24) is 9.55 Å². The molecule has 5 rings (SSSR count). The highest BCUT2D eigenvalue weighted by Gasteiger charge is 2.40. The molecular weight excluding hydrogens is 328 g/mol. The quantitative estimate of drug-likeness (QED) is 0.694. The predicted octanol–water partition coefficient (Wildman–Crippen LogP) is 4.47. The average molecular weight is 348 g/mol. The molecule has 3 atom stereocenters. The Morgan fingerprint density at radius 3 is 2.92 bits per heavy atom. The number of aromatic nitrogens is 2. The van der Waals surface area contributed by atoms with Gasteiger partial charge in [-0.05, 0) is 47.9 Å². The highest BCUT2D eigenvalue weighted by molar-refractivity contribution is 7.98. The van der Waals surface area contributed by atoms with E-state index in [1.54, 1.807) is 11.8 Å². The number of hydrogen-bond acceptors (Lipinski definition) is 3. The molecule has 3 nitrogen and oxygen atoms in total. The Morgan fingerprint density at radius 2 is 2.04 bits per heavy atom. The summed E-state index contributed by atoms with van der Waals surface area (Å²) in [5, 5.41) is 11.2. The number of aliphatic hydroxyl groups excluding tert-OH is 1. The molecule has 2 aliphatic rings. The maximum absolute atomic E-state index is 11.2. The number of aliphatic hydroxyl groups is 1. The van der Waals surface area contributed by atoms with Crippen LogP contribution in [0.3, 0.4) is 0 Å². The predicted molar refractivity (Wildman–Crippen MR) is 101 cm³/mol. The molecule has 4 heteroatoms. The Kier molecular flexibility index (Phi) is 3.50. The molecule has 25 heavy (non-hydrogen) atoms. The number of thioether (sulfide) groups is 1. The topological polar surface area (TPSA) is 38.1 Å². The van der Waals surface area contributed by atoms with Gasteiger partial charge in [0.05, 0.1) is 30.4 Å². The van der Waals surface area contributed by atoms with Crippen molar-refractivity contribution in [3.63, 3.8) is 0 Å². The van der Waals surface area contributed by atoms with Crippen molar-refractivity contribution in [3.8, 4) is 11.3 Å². The van der Waals surface area contributed by atoms with E-state index in [-0.39, 0.29) is 12.0 Å². The normalized spacial score (nSPS) is 23.8. The summed E-state index contributed by atoms with van der Waals surface area (Å²) in [7, 11) is 0. The Bertz CT molecular complexity index is 949. The minimum atomic E-state index is -0.442. The van der Waals surface area contributed by atoms with Crippen LogP contribution in [0, 0.1) is 5.92 Å². The van der Waals surface area contributed by atoms with Crippen LogP contribution in [0.25, 0.3) is 11.3 Å². The smallest absolute Gasteiger partial charge is 0.0956 e. The molecule has 1 aliphatic carbocycles. The van der Waals surface area contributed by atoms with Crippen LogP contribution in [-0.4, -0.2) is 20.9 Å². The lowest BCUT2D eigenvalue weighted by Gasteiger charge is -2.35. The molecule has 3 unspecified atom stereocenters. The molecule has 2 heterocycles. The van der Waals surface area contributed by atoms with Crippen molar-refractivity contribution in [2.45, 2.75) is 29.9 Å². The van der Waals surface area contributed by atoms with E-state index in [0.717, 1.165) is 24.1 Å². The van der Waals surface area contributed by atoms with Gasteiger partial charge in [0.2, 0.25) is 0 Å². The second-order valence-corrected chi connectivity index (χ2v) is 7.81. The highest BCUT2D eigenvalue weighted by atomic mass is 32.2. The molecule has 1 aliphatic heterocycles. The summed E-state index contributed by atoms with van der Waals surface area (Å²) in [5.74, 6) is 0.168. The Morgan fingerprint density at radius 1 is 1.16 bits per heavy atom. The maximum Gasteiger partial charge on any atom is 0.0956 e. The van der Waals surface area contributed by atoms with Crippen molar-refractivity contribution in [2.24, 2.45) is 5.92 Å². The van der Waals surface area contributed by atoms with Crippen molar-refractivity contribution in [2.75, 3.05) is 6.26 Å². The van der Waals surface area contributed by atoms with Gasteiger partial charge < -0.3 is 9.67 Å². The minimum absolute atomic E-state index is 0.162. The van der Waals surface area contributed by atoms with Crippen LogP contribution in [0.2, 0.25) is 0 Å². The van der Waals surface area contributed by atoms with Crippen LogP contribution >= 0.6 is 11.8 Å². The van der Waals surface area contributed by atoms with Gasteiger partial charge in [-0.2, -0.15) is 0 Å². The first-order valence-electron chi connectivity index (χ1n) is 8.74. The number of benzene rings is 2. The molecule has 0 radical (unpaired) electrons. The van der Waals surface area contributed by atoms with Gasteiger partial charge in [-0.1, -0.05) is 30.3 Å². The first-order valence-corrected chi connectivity index (χ1v) is 9.96. The second kappa shape index (κ2) is 5.75. The molecule has 0 fully saturated rings. The van der Waals surface area contributed by atoms with E-state index in [1.807, 2.05) is 12.5 Å². The number of imidazole rings is 1. The number of rotatable bonds is 2. The lowest BCUT2D eigenvalue weighted by molar-refractivity contribution is 0.0718. The maximum atomic E-state index is 11.2. The summed E-state index contributed by atoms with van der Waals surface area (Å²) in [5.41, 5.74) is 6.12. The Hall–Kier alpha value is -2.04. The summed E-state index contributed by atoms with van der Waals surface area (Å²) in [4.78, 5) is 5.58. The van der Waals surface area contributed by atoms with Crippen LogP contribution < -0.4 is 0 Å². The molecule has 0 amide bonds. The van der Waals surface area contributed by atoms with E-state index in [4.69, 9.17) is 0 Å². The summed E-state index contributed by atoms with van der Waals surface area (Å²) < 4.78 is 2.25. The SMILES string of the molecule is CSc1ccc2c(c1)C(O)C(C1c3ccccc3-c3cncn31)CC2. The lowest BCUT2D eigenvalue weighted by atomic mass is 9.76. The lowest BCUT2D eigenvalue weighted by Crippen LogP contribution is -2.28. The fourth-order valence-corrected chi connectivity index (χ4v) is 5.00. The second-order valence-electron chi connectivity index (χ2n) is 6.93. The summed E-state index contributed by atoms with van der Waals surface area (Å²) in [6.45, 7) is 0. The number of aryl methyl sites for hydroxylation is 1. The van der Waals surface area contributed by atoms with Gasteiger partial charge in [0.1, 0.15) is 0 Å². The van der Waals surface area contributed by atoms with Crippen LogP contribution in [-0.2, 0) is 6.42 Å². The van der Waals surface area contributed by atoms with Gasteiger partial charge in [0.25, 0.3) is 0 Å². The third-order valence-corrected chi connectivity index (χ3v) is 6.48. The van der Waals surface area contributed by atoms with Crippen LogP contribution in [0.4, 0.5) is 0 Å². The Labute approximate surface area is 151 Å². The fourth-order valence-electron chi connectivity index (χ4n) is 4.55. The number of nitrogens with zero attached hydrogens (tertiary/aromatic N) is 2. The number of fused-ring (bicyclic) bond motifs is 4. The molecule has 2 aromatic carbocycles. The molecule has 1 aromatic heterocycles. The third kappa shape index (κ3) is 2.21. The van der Waals surface area contributed by atoms with E-state index >= 15 is 0 Å². The summed E-state index contributed by atoms with van der Waals surface area (Å²) >= 11 is 1.73. The standard InChI is InChI=1S/C21H20N2OS/c1-25-14-8-6-13-7-9-17(21(24)18(13)10-14)20-16-5-3-2-4-15(16)19-11-22-12-23(19)20/h2-6,8,10-12,17,20-21,24H,7,9H2,1H3. The van der Waals surface area contributed by atoms with Crippen molar-refractivity contribution >= 4 is 11.8 Å². The summed E-state index contributed by atoms with van der Waals surface area (Å²) in [6, 6.07) is 15.2. The monoisotopic (exact) mass is 348 g/mol. The minimum Gasteiger partial charge on any atom is -0.388 e. The van der Waals surface area contributed by atoms with E-state index in [1.165, 1.54) is 21.6 Å². The Balaban J connectivity index is 1.60. The molecule has 0 saturated heterocycles. The fraction of sp³-hybridized carbons (Fsp3) is 0.286. The van der Waals surface area contributed by atoms with Crippen LogP contribution in [0.1, 0.15) is 35.3 Å². The van der Waals surface area contributed by atoms with Gasteiger partial charge in [-0.25, -0.2) is 4.98 Å². The highest BCUT2D eigenvalue weighted by Crippen LogP contribution is 2.50. The largest absolute Gasteiger partial charge is 0.388 e. The van der Waals surface area contributed by atoms with Gasteiger partial charge >= 0.3 is 0 Å². The van der Waals surface area contributed by atoms with Crippen molar-refractivity contribution in [3.05, 3.63) is 71.7 Å². The van der Waals surface area contributed by atoms with Gasteiger partial charge in [0, 0.05) is 16.4 Å². The van der Waals surface area contributed by atoms with Crippen molar-refractivity contribution in [1.29, 1.82) is 0 Å². The number of hydrogen-bond donors (Lipinski definition) is 1. The van der Waals surface area contributed by atoms with E-state index in [2.05, 4.69) is 58.3 Å². The van der Waals surface area contributed by atoms with Crippen molar-refractivity contribution < 1.29 is 5.11 Å². The van der Waals surface area contributed by atoms with Gasteiger partial charge in [-0.3, -0.25) is 0 Å². The molecule has 3 aromatic rings. The first-order chi connectivity index (χ1) is 12.3. The van der Waals surface area contributed by atoms with E-state index < -0.39 is 6.10 Å².